The summed E-state index contributed by atoms with van der Waals surface area (Å²) < 4.78 is 16.6. The van der Waals surface area contributed by atoms with Crippen molar-refractivity contribution in [3.05, 3.63) is 6.33 Å². The van der Waals surface area contributed by atoms with Gasteiger partial charge in [0.15, 0.2) is 11.6 Å². The third kappa shape index (κ3) is 5.30. The van der Waals surface area contributed by atoms with Crippen molar-refractivity contribution in [1.29, 1.82) is 0 Å². The van der Waals surface area contributed by atoms with E-state index in [4.69, 9.17) is 14.2 Å². The van der Waals surface area contributed by atoms with Gasteiger partial charge in [-0.25, -0.2) is 14.8 Å². The number of hydrogen-bond acceptors (Lipinski definition) is 9. The lowest BCUT2D eigenvalue weighted by molar-refractivity contribution is 0.0808. The summed E-state index contributed by atoms with van der Waals surface area (Å²) in [5.74, 6) is 1.68. The molecule has 1 unspecified atom stereocenters. The highest BCUT2D eigenvalue weighted by atomic mass is 16.5. The molecule has 0 aromatic carbocycles. The maximum Gasteiger partial charge on any atom is 0.407 e. The fraction of sp³-hybridized carbons (Fsp3) is 0.762. The van der Waals surface area contributed by atoms with E-state index in [0.29, 0.717) is 26.3 Å². The molecule has 1 saturated carbocycles. The average Bonchev–Trinajstić information content (AvgIpc) is 3.52. The van der Waals surface area contributed by atoms with Crippen LogP contribution in [-0.2, 0) is 14.2 Å². The Balaban J connectivity index is 1.30. The standard InChI is InChI=1S/C21H34N6O4/c1-26-14-27(20-18(26)19(22-13-23-20)24-16-9-11-30-12-16)17(29-2)8-5-10-31-21(28)25-15-6-3-4-7-15/h13,15-17H,3-12,14H2,1-2H3,(H,25,28)(H,22,23,24)/t16-,17?/m1/s1. The van der Waals surface area contributed by atoms with Crippen LogP contribution in [0.15, 0.2) is 6.33 Å². The summed E-state index contributed by atoms with van der Waals surface area (Å²) in [6.07, 6.45) is 7.99. The Morgan fingerprint density at radius 2 is 2.13 bits per heavy atom. The zero-order valence-corrected chi connectivity index (χ0v) is 18.5. The number of amides is 1. The van der Waals surface area contributed by atoms with Gasteiger partial charge in [-0.1, -0.05) is 12.8 Å². The lowest BCUT2D eigenvalue weighted by Crippen LogP contribution is -2.39. The summed E-state index contributed by atoms with van der Waals surface area (Å²) in [4.78, 5) is 25.2. The molecule has 0 bridgehead atoms. The lowest BCUT2D eigenvalue weighted by Gasteiger charge is -2.27. The predicted molar refractivity (Wildman–Crippen MR) is 117 cm³/mol. The molecule has 0 spiro atoms. The molecule has 1 aromatic heterocycles. The minimum atomic E-state index is -0.313. The Bertz CT molecular complexity index is 739. The van der Waals surface area contributed by atoms with Gasteiger partial charge in [-0.05, 0) is 32.1 Å². The van der Waals surface area contributed by atoms with Gasteiger partial charge in [0.2, 0.25) is 0 Å². The predicted octanol–water partition coefficient (Wildman–Crippen LogP) is 2.31. The van der Waals surface area contributed by atoms with Crippen LogP contribution < -0.4 is 20.4 Å². The van der Waals surface area contributed by atoms with Crippen LogP contribution in [0.5, 0.6) is 0 Å². The number of methoxy groups -OCH3 is 1. The molecule has 2 N–H and O–H groups in total. The van der Waals surface area contributed by atoms with Crippen molar-refractivity contribution in [2.24, 2.45) is 0 Å². The van der Waals surface area contributed by atoms with Crippen molar-refractivity contribution in [1.82, 2.24) is 15.3 Å². The number of nitrogens with zero attached hydrogens (tertiary/aromatic N) is 4. The topological polar surface area (TPSA) is 101 Å². The van der Waals surface area contributed by atoms with Crippen LogP contribution in [0.3, 0.4) is 0 Å². The summed E-state index contributed by atoms with van der Waals surface area (Å²) in [6.45, 7) is 2.50. The number of ether oxygens (including phenoxy) is 3. The van der Waals surface area contributed by atoms with Crippen LogP contribution >= 0.6 is 0 Å². The number of alkyl carbamates (subject to hydrolysis) is 1. The maximum atomic E-state index is 11.9. The van der Waals surface area contributed by atoms with E-state index in [9.17, 15) is 4.79 Å². The fourth-order valence-corrected chi connectivity index (χ4v) is 4.57. The number of carbonyl (C=O) groups is 1. The normalized spacial score (nSPS) is 21.9. The van der Waals surface area contributed by atoms with Crippen molar-refractivity contribution in [2.45, 2.75) is 63.3 Å². The fourth-order valence-electron chi connectivity index (χ4n) is 4.57. The summed E-state index contributed by atoms with van der Waals surface area (Å²) >= 11 is 0. The van der Waals surface area contributed by atoms with Gasteiger partial charge in [0.1, 0.15) is 18.2 Å². The second kappa shape index (κ2) is 10.3. The van der Waals surface area contributed by atoms with Gasteiger partial charge in [-0.2, -0.15) is 0 Å². The smallest absolute Gasteiger partial charge is 0.407 e. The lowest BCUT2D eigenvalue weighted by atomic mass is 10.2. The number of carbonyl (C=O) groups excluding carboxylic acids is 1. The molecule has 1 amide bonds. The van der Waals surface area contributed by atoms with E-state index in [1.807, 2.05) is 7.05 Å². The van der Waals surface area contributed by atoms with Crippen LogP contribution in [-0.4, -0.2) is 75.0 Å². The number of rotatable bonds is 9. The van der Waals surface area contributed by atoms with Crippen molar-refractivity contribution in [3.8, 4) is 0 Å². The highest BCUT2D eigenvalue weighted by Crippen LogP contribution is 2.40. The monoisotopic (exact) mass is 434 g/mol. The van der Waals surface area contributed by atoms with E-state index < -0.39 is 0 Å². The molecule has 10 heteroatoms. The molecule has 0 radical (unpaired) electrons. The number of hydrogen-bond donors (Lipinski definition) is 2. The molecular formula is C21H34N6O4. The molecule has 10 nitrogen and oxygen atoms in total. The third-order valence-corrected chi connectivity index (χ3v) is 6.22. The van der Waals surface area contributed by atoms with Crippen LogP contribution in [0.2, 0.25) is 0 Å². The number of nitrogens with one attached hydrogen (secondary N) is 2. The zero-order chi connectivity index (χ0) is 21.6. The second-order valence-electron chi connectivity index (χ2n) is 8.50. The van der Waals surface area contributed by atoms with Gasteiger partial charge < -0.3 is 34.6 Å². The van der Waals surface area contributed by atoms with Crippen LogP contribution in [0.1, 0.15) is 44.9 Å². The second-order valence-corrected chi connectivity index (χ2v) is 8.50. The average molecular weight is 435 g/mol. The van der Waals surface area contributed by atoms with Gasteiger partial charge in [-0.3, -0.25) is 0 Å². The summed E-state index contributed by atoms with van der Waals surface area (Å²) in [5.41, 5.74) is 0.976. The van der Waals surface area contributed by atoms with Crippen molar-refractivity contribution < 1.29 is 19.0 Å². The van der Waals surface area contributed by atoms with Crippen molar-refractivity contribution >= 4 is 23.4 Å². The first kappa shape index (κ1) is 21.9. The Morgan fingerprint density at radius 1 is 1.29 bits per heavy atom. The largest absolute Gasteiger partial charge is 0.450 e. The van der Waals surface area contributed by atoms with E-state index in [1.165, 1.54) is 12.8 Å². The highest BCUT2D eigenvalue weighted by molar-refractivity contribution is 5.82. The Hall–Kier alpha value is -2.33. The Labute approximate surface area is 183 Å². The van der Waals surface area contributed by atoms with E-state index in [0.717, 1.165) is 49.6 Å². The molecule has 2 atom stereocenters. The van der Waals surface area contributed by atoms with Gasteiger partial charge in [0.05, 0.1) is 25.9 Å². The Morgan fingerprint density at radius 3 is 2.87 bits per heavy atom. The van der Waals surface area contributed by atoms with E-state index in [-0.39, 0.29) is 24.4 Å². The molecule has 2 aliphatic heterocycles. The van der Waals surface area contributed by atoms with Gasteiger partial charge in [-0.15, -0.1) is 0 Å². The maximum absolute atomic E-state index is 11.9. The molecule has 1 aliphatic carbocycles. The SMILES string of the molecule is COC(CCCOC(=O)NC1CCCC1)N1CN(C)c2c(N[C@@H]3CCOC3)ncnc21. The van der Waals surface area contributed by atoms with E-state index in [1.54, 1.807) is 13.4 Å². The van der Waals surface area contributed by atoms with Crippen LogP contribution in [0, 0.1) is 0 Å². The van der Waals surface area contributed by atoms with Gasteiger partial charge >= 0.3 is 6.09 Å². The highest BCUT2D eigenvalue weighted by Gasteiger charge is 2.34. The van der Waals surface area contributed by atoms with E-state index >= 15 is 0 Å². The number of aromatic nitrogens is 2. The molecule has 4 rings (SSSR count). The molecule has 3 aliphatic rings. The first-order valence-electron chi connectivity index (χ1n) is 11.3. The van der Waals surface area contributed by atoms with Gasteiger partial charge in [0.25, 0.3) is 0 Å². The zero-order valence-electron chi connectivity index (χ0n) is 18.5. The minimum absolute atomic E-state index is 0.164. The van der Waals surface area contributed by atoms with Crippen LogP contribution in [0.4, 0.5) is 22.1 Å². The first-order chi connectivity index (χ1) is 15.2. The first-order valence-corrected chi connectivity index (χ1v) is 11.3. The molecule has 2 fully saturated rings. The molecule has 1 aromatic rings. The molecule has 31 heavy (non-hydrogen) atoms. The van der Waals surface area contributed by atoms with Crippen LogP contribution in [0.25, 0.3) is 0 Å². The summed E-state index contributed by atoms with van der Waals surface area (Å²) in [7, 11) is 3.73. The minimum Gasteiger partial charge on any atom is -0.450 e. The third-order valence-electron chi connectivity index (χ3n) is 6.22. The van der Waals surface area contributed by atoms with Gasteiger partial charge in [0, 0.05) is 26.8 Å². The summed E-state index contributed by atoms with van der Waals surface area (Å²) in [5, 5.41) is 6.44. The molecular weight excluding hydrogens is 400 g/mol. The number of anilines is 3. The molecule has 3 heterocycles. The molecule has 172 valence electrons. The molecule has 1 saturated heterocycles. The quantitative estimate of drug-likeness (QED) is 0.567. The van der Waals surface area contributed by atoms with E-state index in [2.05, 4.69) is 30.4 Å². The number of fused-ring (bicyclic) bond motifs is 1. The summed E-state index contributed by atoms with van der Waals surface area (Å²) in [6, 6.07) is 0.543. The Kier molecular flexibility index (Phi) is 7.29. The van der Waals surface area contributed by atoms with Crippen molar-refractivity contribution in [2.75, 3.05) is 55.8 Å². The van der Waals surface area contributed by atoms with Crippen molar-refractivity contribution in [3.63, 3.8) is 0 Å².